The Morgan fingerprint density at radius 1 is 1.33 bits per heavy atom. The Kier molecular flexibility index (Phi) is 6.87. The zero-order valence-corrected chi connectivity index (χ0v) is 14.3. The minimum atomic E-state index is -0.360. The molecule has 0 spiro atoms. The summed E-state index contributed by atoms with van der Waals surface area (Å²) >= 11 is 1.48. The second-order valence-corrected chi connectivity index (χ2v) is 6.49. The molecule has 0 aliphatic carbocycles. The molecule has 1 atom stereocenters. The fourth-order valence-electron chi connectivity index (χ4n) is 2.22. The first-order valence-corrected chi connectivity index (χ1v) is 8.63. The highest BCUT2D eigenvalue weighted by Crippen LogP contribution is 2.19. The van der Waals surface area contributed by atoms with Crippen molar-refractivity contribution in [2.75, 3.05) is 32.5 Å². The molecule has 24 heavy (non-hydrogen) atoms. The highest BCUT2D eigenvalue weighted by molar-refractivity contribution is 8.00. The van der Waals surface area contributed by atoms with E-state index in [4.69, 9.17) is 4.74 Å². The molecule has 1 aromatic carbocycles. The number of ether oxygens (including phenoxy) is 1. The lowest BCUT2D eigenvalue weighted by molar-refractivity contribution is -0.141. The summed E-state index contributed by atoms with van der Waals surface area (Å²) in [6.45, 7) is 0.787. The van der Waals surface area contributed by atoms with Crippen molar-refractivity contribution in [3.8, 4) is 0 Å². The molecular formula is C17H20N2O4S. The van der Waals surface area contributed by atoms with Gasteiger partial charge in [-0.15, -0.1) is 11.8 Å². The van der Waals surface area contributed by atoms with Crippen LogP contribution in [0.4, 0.5) is 0 Å². The summed E-state index contributed by atoms with van der Waals surface area (Å²) in [6.07, 6.45) is 3.08. The largest absolute Gasteiger partial charge is 0.468 e. The second kappa shape index (κ2) is 9.12. The van der Waals surface area contributed by atoms with Crippen LogP contribution in [0.15, 0.2) is 36.4 Å². The van der Waals surface area contributed by atoms with Crippen LogP contribution < -0.4 is 5.32 Å². The molecule has 0 unspecified atom stereocenters. The van der Waals surface area contributed by atoms with Crippen LogP contribution >= 0.6 is 11.8 Å². The summed E-state index contributed by atoms with van der Waals surface area (Å²) in [5, 5.41) is 2.21. The van der Waals surface area contributed by atoms with E-state index in [1.807, 2.05) is 30.3 Å². The van der Waals surface area contributed by atoms with Crippen LogP contribution in [0.1, 0.15) is 5.56 Å². The number of methoxy groups -OCH3 is 1. The lowest BCUT2D eigenvalue weighted by Crippen LogP contribution is -2.48. The van der Waals surface area contributed by atoms with Gasteiger partial charge in [-0.3, -0.25) is 14.4 Å². The highest BCUT2D eigenvalue weighted by atomic mass is 32.2. The van der Waals surface area contributed by atoms with Gasteiger partial charge in [-0.2, -0.15) is 0 Å². The van der Waals surface area contributed by atoms with Crippen LogP contribution in [0.3, 0.4) is 0 Å². The minimum absolute atomic E-state index is 0.0868. The Morgan fingerprint density at radius 3 is 2.79 bits per heavy atom. The molecular weight excluding hydrogens is 328 g/mol. The smallest absolute Gasteiger partial charge is 0.320 e. The molecule has 1 aliphatic heterocycles. The van der Waals surface area contributed by atoms with Crippen molar-refractivity contribution in [2.45, 2.75) is 5.25 Å². The average Bonchev–Trinajstić information content (AvgIpc) is 2.64. The molecule has 6 nitrogen and oxygen atoms in total. The summed E-state index contributed by atoms with van der Waals surface area (Å²) in [4.78, 5) is 37.1. The molecule has 2 amide bonds. The van der Waals surface area contributed by atoms with Crippen LogP contribution in [-0.4, -0.2) is 60.4 Å². The molecule has 7 heteroatoms. The van der Waals surface area contributed by atoms with E-state index in [0.717, 1.165) is 5.56 Å². The SMILES string of the molecule is COC(=O)[C@@H]1CN(C(=O)CNC(=O)/C=C/c2ccccc2)CCS1. The monoisotopic (exact) mass is 348 g/mol. The number of hydrogen-bond acceptors (Lipinski definition) is 5. The molecule has 0 radical (unpaired) electrons. The van der Waals surface area contributed by atoms with Gasteiger partial charge in [-0.05, 0) is 11.6 Å². The van der Waals surface area contributed by atoms with Crippen LogP contribution in [-0.2, 0) is 19.1 Å². The van der Waals surface area contributed by atoms with E-state index in [9.17, 15) is 14.4 Å². The Bertz CT molecular complexity index is 618. The summed E-state index contributed by atoms with van der Waals surface area (Å²) in [7, 11) is 1.34. The number of hydrogen-bond donors (Lipinski definition) is 1. The first kappa shape index (κ1) is 18.1. The van der Waals surface area contributed by atoms with Gasteiger partial charge in [0.2, 0.25) is 11.8 Å². The van der Waals surface area contributed by atoms with E-state index >= 15 is 0 Å². The fraction of sp³-hybridized carbons (Fsp3) is 0.353. The number of thioether (sulfide) groups is 1. The molecule has 1 saturated heterocycles. The second-order valence-electron chi connectivity index (χ2n) is 5.18. The topological polar surface area (TPSA) is 75.7 Å². The van der Waals surface area contributed by atoms with Gasteiger partial charge in [0.25, 0.3) is 0 Å². The van der Waals surface area contributed by atoms with E-state index in [2.05, 4.69) is 5.32 Å². The predicted octanol–water partition coefficient (Wildman–Crippen LogP) is 0.933. The summed E-state index contributed by atoms with van der Waals surface area (Å²) in [6, 6.07) is 9.43. The van der Waals surface area contributed by atoms with E-state index < -0.39 is 0 Å². The zero-order chi connectivity index (χ0) is 17.4. The van der Waals surface area contributed by atoms with E-state index in [-0.39, 0.29) is 29.6 Å². The van der Waals surface area contributed by atoms with Gasteiger partial charge < -0.3 is 15.0 Å². The van der Waals surface area contributed by atoms with Crippen molar-refractivity contribution in [3.05, 3.63) is 42.0 Å². The molecule has 2 rings (SSSR count). The van der Waals surface area contributed by atoms with Gasteiger partial charge in [-0.25, -0.2) is 0 Å². The van der Waals surface area contributed by atoms with Gasteiger partial charge in [0.1, 0.15) is 5.25 Å². The number of nitrogens with zero attached hydrogens (tertiary/aromatic N) is 1. The normalized spacial score (nSPS) is 17.5. The maximum Gasteiger partial charge on any atom is 0.320 e. The van der Waals surface area contributed by atoms with Crippen molar-refractivity contribution in [2.24, 2.45) is 0 Å². The van der Waals surface area contributed by atoms with Crippen LogP contribution in [0, 0.1) is 0 Å². The minimum Gasteiger partial charge on any atom is -0.468 e. The maximum atomic E-state index is 12.2. The number of esters is 1. The molecule has 1 fully saturated rings. The van der Waals surface area contributed by atoms with E-state index in [1.165, 1.54) is 24.9 Å². The van der Waals surface area contributed by atoms with Crippen molar-refractivity contribution in [1.29, 1.82) is 0 Å². The van der Waals surface area contributed by atoms with Crippen molar-refractivity contribution in [1.82, 2.24) is 10.2 Å². The van der Waals surface area contributed by atoms with E-state index in [0.29, 0.717) is 18.8 Å². The number of nitrogens with one attached hydrogen (secondary N) is 1. The van der Waals surface area contributed by atoms with Gasteiger partial charge in [0.05, 0.1) is 13.7 Å². The third kappa shape index (κ3) is 5.42. The Labute approximate surface area is 145 Å². The van der Waals surface area contributed by atoms with Crippen molar-refractivity contribution >= 4 is 35.6 Å². The molecule has 1 aliphatic rings. The summed E-state index contributed by atoms with van der Waals surface area (Å²) < 4.78 is 4.71. The predicted molar refractivity (Wildman–Crippen MR) is 93.3 cm³/mol. The Hall–Kier alpha value is -2.28. The average molecular weight is 348 g/mol. The zero-order valence-electron chi connectivity index (χ0n) is 13.4. The van der Waals surface area contributed by atoms with Crippen LogP contribution in [0.5, 0.6) is 0 Å². The number of carbonyl (C=O) groups excluding carboxylic acids is 3. The van der Waals surface area contributed by atoms with Gasteiger partial charge in [-0.1, -0.05) is 30.3 Å². The lowest BCUT2D eigenvalue weighted by atomic mass is 10.2. The maximum absolute atomic E-state index is 12.2. The number of carbonyl (C=O) groups is 3. The fourth-order valence-corrected chi connectivity index (χ4v) is 3.35. The Balaban J connectivity index is 1.79. The molecule has 0 bridgehead atoms. The molecule has 1 heterocycles. The highest BCUT2D eigenvalue weighted by Gasteiger charge is 2.29. The summed E-state index contributed by atoms with van der Waals surface area (Å²) in [5.74, 6) is -0.186. The first-order chi connectivity index (χ1) is 11.6. The third-order valence-electron chi connectivity index (χ3n) is 3.52. The number of rotatable bonds is 5. The number of amides is 2. The third-order valence-corrected chi connectivity index (χ3v) is 4.69. The van der Waals surface area contributed by atoms with Crippen molar-refractivity contribution < 1.29 is 19.1 Å². The molecule has 0 aromatic heterocycles. The van der Waals surface area contributed by atoms with Gasteiger partial charge in [0, 0.05) is 24.9 Å². The van der Waals surface area contributed by atoms with Gasteiger partial charge >= 0.3 is 5.97 Å². The molecule has 0 saturated carbocycles. The number of benzene rings is 1. The quantitative estimate of drug-likeness (QED) is 0.633. The summed E-state index contributed by atoms with van der Waals surface area (Å²) in [5.41, 5.74) is 0.910. The molecule has 1 aromatic rings. The van der Waals surface area contributed by atoms with Gasteiger partial charge in [0.15, 0.2) is 0 Å². The van der Waals surface area contributed by atoms with Crippen LogP contribution in [0.25, 0.3) is 6.08 Å². The lowest BCUT2D eigenvalue weighted by Gasteiger charge is -2.31. The first-order valence-electron chi connectivity index (χ1n) is 7.58. The Morgan fingerprint density at radius 2 is 2.08 bits per heavy atom. The molecule has 128 valence electrons. The molecule has 1 N–H and O–H groups in total. The standard InChI is InChI=1S/C17H20N2O4S/c1-23-17(22)14-12-19(9-10-24-14)16(21)11-18-15(20)8-7-13-5-3-2-4-6-13/h2-8,14H,9-12H2,1H3,(H,18,20)/b8-7+/t14-/m0/s1. The van der Waals surface area contributed by atoms with E-state index in [1.54, 1.807) is 11.0 Å². The van der Waals surface area contributed by atoms with Crippen molar-refractivity contribution in [3.63, 3.8) is 0 Å². The van der Waals surface area contributed by atoms with Crippen LogP contribution in [0.2, 0.25) is 0 Å².